The first-order valence-electron chi connectivity index (χ1n) is 7.47. The van der Waals surface area contributed by atoms with Gasteiger partial charge in [-0.3, -0.25) is 9.69 Å². The van der Waals surface area contributed by atoms with Crippen molar-refractivity contribution in [2.24, 2.45) is 0 Å². The van der Waals surface area contributed by atoms with Gasteiger partial charge >= 0.3 is 5.97 Å². The number of aliphatic carboxylic acids is 1. The van der Waals surface area contributed by atoms with E-state index in [0.29, 0.717) is 0 Å². The molecule has 0 aromatic heterocycles. The number of piperazine rings is 1. The molecular weight excluding hydrogens is 252 g/mol. The second-order valence-corrected chi connectivity index (χ2v) is 5.35. The quantitative estimate of drug-likeness (QED) is 0.865. The Kier molecular flexibility index (Phi) is 5.41. The van der Waals surface area contributed by atoms with E-state index in [9.17, 15) is 4.79 Å². The van der Waals surface area contributed by atoms with Gasteiger partial charge < -0.3 is 10.0 Å². The van der Waals surface area contributed by atoms with Crippen molar-refractivity contribution < 1.29 is 9.90 Å². The molecule has 0 aliphatic carbocycles. The van der Waals surface area contributed by atoms with Crippen LogP contribution in [-0.4, -0.2) is 48.7 Å². The molecule has 1 saturated heterocycles. The lowest BCUT2D eigenvalue weighted by Gasteiger charge is -2.36. The Bertz CT molecular complexity index is 423. The topological polar surface area (TPSA) is 43.8 Å². The zero-order valence-electron chi connectivity index (χ0n) is 12.2. The highest BCUT2D eigenvalue weighted by Gasteiger charge is 2.16. The summed E-state index contributed by atoms with van der Waals surface area (Å²) in [6.45, 7) is 7.17. The zero-order chi connectivity index (χ0) is 14.4. The molecule has 1 aromatic carbocycles. The molecule has 2 rings (SSSR count). The van der Waals surface area contributed by atoms with Crippen LogP contribution in [-0.2, 0) is 11.2 Å². The minimum absolute atomic E-state index is 0.276. The number of rotatable bonds is 6. The van der Waals surface area contributed by atoms with Gasteiger partial charge in [0.2, 0.25) is 0 Å². The average Bonchev–Trinajstić information content (AvgIpc) is 2.48. The number of carboxylic acids is 1. The van der Waals surface area contributed by atoms with Crippen LogP contribution in [0.25, 0.3) is 0 Å². The van der Waals surface area contributed by atoms with E-state index in [-0.39, 0.29) is 6.42 Å². The van der Waals surface area contributed by atoms with Gasteiger partial charge in [-0.1, -0.05) is 19.1 Å². The van der Waals surface area contributed by atoms with Crippen molar-refractivity contribution in [3.63, 3.8) is 0 Å². The number of carbonyl (C=O) groups is 1. The highest BCUT2D eigenvalue weighted by molar-refractivity contribution is 5.66. The molecule has 1 aliphatic rings. The average molecular weight is 276 g/mol. The predicted molar refractivity (Wildman–Crippen MR) is 81.3 cm³/mol. The monoisotopic (exact) mass is 276 g/mol. The van der Waals surface area contributed by atoms with Crippen molar-refractivity contribution in [3.8, 4) is 0 Å². The van der Waals surface area contributed by atoms with E-state index >= 15 is 0 Å². The fraction of sp³-hybridized carbons (Fsp3) is 0.562. The Balaban J connectivity index is 1.77. The SMILES string of the molecule is CCc1ccc(N2CCN(CCCC(=O)O)CC2)cc1. The summed E-state index contributed by atoms with van der Waals surface area (Å²) in [5.74, 6) is -0.695. The van der Waals surface area contributed by atoms with Crippen molar-refractivity contribution in [1.29, 1.82) is 0 Å². The summed E-state index contributed by atoms with van der Waals surface area (Å²) in [7, 11) is 0. The third-order valence-corrected chi connectivity index (χ3v) is 3.95. The molecule has 20 heavy (non-hydrogen) atoms. The maximum Gasteiger partial charge on any atom is 0.303 e. The van der Waals surface area contributed by atoms with Gasteiger partial charge in [-0.2, -0.15) is 0 Å². The highest BCUT2D eigenvalue weighted by atomic mass is 16.4. The van der Waals surface area contributed by atoms with Gasteiger partial charge in [-0.25, -0.2) is 0 Å². The van der Waals surface area contributed by atoms with E-state index in [2.05, 4.69) is 41.0 Å². The lowest BCUT2D eigenvalue weighted by Crippen LogP contribution is -2.46. The van der Waals surface area contributed by atoms with Crippen LogP contribution in [0.1, 0.15) is 25.3 Å². The molecule has 1 aliphatic heterocycles. The Hall–Kier alpha value is -1.55. The van der Waals surface area contributed by atoms with E-state index < -0.39 is 5.97 Å². The van der Waals surface area contributed by atoms with E-state index in [0.717, 1.165) is 45.6 Å². The van der Waals surface area contributed by atoms with Crippen LogP contribution in [0.2, 0.25) is 0 Å². The number of aryl methyl sites for hydroxylation is 1. The summed E-state index contributed by atoms with van der Waals surface area (Å²) in [6, 6.07) is 8.82. The molecule has 110 valence electrons. The Labute approximate surface area is 121 Å². The van der Waals surface area contributed by atoms with E-state index in [1.807, 2.05) is 0 Å². The Morgan fingerprint density at radius 2 is 1.80 bits per heavy atom. The molecular formula is C16H24N2O2. The van der Waals surface area contributed by atoms with Gasteiger partial charge in [0.25, 0.3) is 0 Å². The van der Waals surface area contributed by atoms with E-state index in [1.54, 1.807) is 0 Å². The number of hydrogen-bond donors (Lipinski definition) is 1. The molecule has 4 heteroatoms. The standard InChI is InChI=1S/C16H24N2O2/c1-2-14-5-7-15(8-6-14)18-12-10-17(11-13-18)9-3-4-16(19)20/h5-8H,2-4,9-13H2,1H3,(H,19,20). The van der Waals surface area contributed by atoms with Crippen LogP contribution in [0.4, 0.5) is 5.69 Å². The molecule has 1 fully saturated rings. The lowest BCUT2D eigenvalue weighted by molar-refractivity contribution is -0.137. The number of benzene rings is 1. The molecule has 1 N–H and O–H groups in total. The van der Waals surface area contributed by atoms with Crippen molar-refractivity contribution in [2.45, 2.75) is 26.2 Å². The maximum absolute atomic E-state index is 10.5. The molecule has 1 heterocycles. The molecule has 4 nitrogen and oxygen atoms in total. The lowest BCUT2D eigenvalue weighted by atomic mass is 10.1. The van der Waals surface area contributed by atoms with E-state index in [4.69, 9.17) is 5.11 Å². The third-order valence-electron chi connectivity index (χ3n) is 3.95. The summed E-state index contributed by atoms with van der Waals surface area (Å²) in [5.41, 5.74) is 2.67. The van der Waals surface area contributed by atoms with Gasteiger partial charge in [-0.15, -0.1) is 0 Å². The van der Waals surface area contributed by atoms with Crippen molar-refractivity contribution >= 4 is 11.7 Å². The summed E-state index contributed by atoms with van der Waals surface area (Å²) in [4.78, 5) is 15.3. The summed E-state index contributed by atoms with van der Waals surface area (Å²) in [5, 5.41) is 8.65. The van der Waals surface area contributed by atoms with Crippen molar-refractivity contribution in [1.82, 2.24) is 4.90 Å². The molecule has 1 aromatic rings. The number of anilines is 1. The van der Waals surface area contributed by atoms with Gasteiger partial charge in [0.15, 0.2) is 0 Å². The van der Waals surface area contributed by atoms with Crippen LogP contribution in [0.3, 0.4) is 0 Å². The van der Waals surface area contributed by atoms with Gasteiger partial charge in [0.1, 0.15) is 0 Å². The van der Waals surface area contributed by atoms with Crippen molar-refractivity contribution in [3.05, 3.63) is 29.8 Å². The summed E-state index contributed by atoms with van der Waals surface area (Å²) in [6.07, 6.45) is 2.11. The Morgan fingerprint density at radius 3 is 2.35 bits per heavy atom. The van der Waals surface area contributed by atoms with Crippen LogP contribution in [0.15, 0.2) is 24.3 Å². The number of nitrogens with zero attached hydrogens (tertiary/aromatic N) is 2. The van der Waals surface area contributed by atoms with Crippen LogP contribution >= 0.6 is 0 Å². The minimum Gasteiger partial charge on any atom is -0.481 e. The number of carboxylic acid groups (broad SMARTS) is 1. The van der Waals surface area contributed by atoms with Crippen molar-refractivity contribution in [2.75, 3.05) is 37.6 Å². The maximum atomic E-state index is 10.5. The normalized spacial score (nSPS) is 16.4. The molecule has 0 saturated carbocycles. The third kappa shape index (κ3) is 4.23. The first-order chi connectivity index (χ1) is 9.69. The van der Waals surface area contributed by atoms with Gasteiger partial charge in [-0.05, 0) is 37.1 Å². The number of hydrogen-bond acceptors (Lipinski definition) is 3. The largest absolute Gasteiger partial charge is 0.481 e. The Morgan fingerprint density at radius 1 is 1.15 bits per heavy atom. The molecule has 0 radical (unpaired) electrons. The first-order valence-corrected chi connectivity index (χ1v) is 7.47. The second kappa shape index (κ2) is 7.29. The summed E-state index contributed by atoms with van der Waals surface area (Å²) < 4.78 is 0. The smallest absolute Gasteiger partial charge is 0.303 e. The van der Waals surface area contributed by atoms with Crippen LogP contribution < -0.4 is 4.90 Å². The highest BCUT2D eigenvalue weighted by Crippen LogP contribution is 2.17. The molecule has 0 spiro atoms. The fourth-order valence-corrected chi connectivity index (χ4v) is 2.63. The van der Waals surface area contributed by atoms with Crippen LogP contribution in [0.5, 0.6) is 0 Å². The summed E-state index contributed by atoms with van der Waals surface area (Å²) >= 11 is 0. The minimum atomic E-state index is -0.695. The first kappa shape index (κ1) is 14.9. The van der Waals surface area contributed by atoms with Gasteiger partial charge in [0.05, 0.1) is 0 Å². The molecule has 0 atom stereocenters. The second-order valence-electron chi connectivity index (χ2n) is 5.35. The van der Waals surface area contributed by atoms with E-state index in [1.165, 1.54) is 11.3 Å². The fourth-order valence-electron chi connectivity index (χ4n) is 2.63. The van der Waals surface area contributed by atoms with Crippen LogP contribution in [0, 0.1) is 0 Å². The van der Waals surface area contributed by atoms with Gasteiger partial charge in [0, 0.05) is 38.3 Å². The predicted octanol–water partition coefficient (Wildman–Crippen LogP) is 2.24. The molecule has 0 bridgehead atoms. The molecule has 0 unspecified atom stereocenters. The molecule has 0 amide bonds. The zero-order valence-corrected chi connectivity index (χ0v) is 12.2.